The first kappa shape index (κ1) is 15.8. The minimum Gasteiger partial charge on any atom is -0.481 e. The van der Waals surface area contributed by atoms with Crippen molar-refractivity contribution in [1.82, 2.24) is 5.32 Å². The molecule has 0 saturated heterocycles. The van der Waals surface area contributed by atoms with E-state index in [4.69, 9.17) is 5.11 Å². The highest BCUT2D eigenvalue weighted by molar-refractivity contribution is 5.66. The minimum absolute atomic E-state index is 0.0848. The quantitative estimate of drug-likeness (QED) is 0.876. The predicted molar refractivity (Wildman–Crippen MR) is 72.1 cm³/mol. The predicted octanol–water partition coefficient (Wildman–Crippen LogP) is 3.41. The van der Waals surface area contributed by atoms with Crippen LogP contribution in [0.3, 0.4) is 0 Å². The molecule has 1 saturated carbocycles. The molecule has 0 aromatic heterocycles. The zero-order chi connectivity index (χ0) is 15.5. The summed E-state index contributed by atoms with van der Waals surface area (Å²) in [5, 5.41) is 11.8. The zero-order valence-electron chi connectivity index (χ0n) is 11.5. The topological polar surface area (TPSA) is 49.3 Å². The maximum absolute atomic E-state index is 12.5. The van der Waals surface area contributed by atoms with Gasteiger partial charge in [0.1, 0.15) is 0 Å². The van der Waals surface area contributed by atoms with Crippen molar-refractivity contribution in [3.05, 3.63) is 35.4 Å². The molecule has 0 amide bonds. The van der Waals surface area contributed by atoms with Gasteiger partial charge in [0.2, 0.25) is 0 Å². The number of carboxylic acids is 1. The van der Waals surface area contributed by atoms with Crippen LogP contribution in [0.25, 0.3) is 0 Å². The molecule has 2 unspecified atom stereocenters. The van der Waals surface area contributed by atoms with Gasteiger partial charge in [0.25, 0.3) is 0 Å². The van der Waals surface area contributed by atoms with Gasteiger partial charge in [-0.05, 0) is 42.9 Å². The molecule has 2 rings (SSSR count). The third kappa shape index (κ3) is 4.46. The van der Waals surface area contributed by atoms with Gasteiger partial charge in [-0.15, -0.1) is 0 Å². The number of hydrogen-bond acceptors (Lipinski definition) is 2. The molecule has 21 heavy (non-hydrogen) atoms. The molecule has 0 aliphatic heterocycles. The molecule has 2 N–H and O–H groups in total. The van der Waals surface area contributed by atoms with Gasteiger partial charge in [-0.3, -0.25) is 4.79 Å². The number of hydrogen-bond donors (Lipinski definition) is 2. The molecule has 3 nitrogen and oxygen atoms in total. The van der Waals surface area contributed by atoms with Crippen molar-refractivity contribution in [3.8, 4) is 0 Å². The first-order chi connectivity index (χ1) is 9.86. The van der Waals surface area contributed by atoms with E-state index in [0.717, 1.165) is 37.0 Å². The first-order valence-electron chi connectivity index (χ1n) is 6.98. The highest BCUT2D eigenvalue weighted by atomic mass is 19.4. The summed E-state index contributed by atoms with van der Waals surface area (Å²) < 4.78 is 37.5. The fourth-order valence-electron chi connectivity index (χ4n) is 2.80. The van der Waals surface area contributed by atoms with Crippen LogP contribution < -0.4 is 5.32 Å². The Labute approximate surface area is 121 Å². The van der Waals surface area contributed by atoms with Crippen molar-refractivity contribution in [2.24, 2.45) is 0 Å². The number of alkyl halides is 3. The summed E-state index contributed by atoms with van der Waals surface area (Å²) in [7, 11) is 0. The van der Waals surface area contributed by atoms with Gasteiger partial charge in [-0.25, -0.2) is 0 Å². The molecule has 0 heterocycles. The van der Waals surface area contributed by atoms with Crippen LogP contribution in [0, 0.1) is 0 Å². The molecule has 0 radical (unpaired) electrons. The Morgan fingerprint density at radius 2 is 1.90 bits per heavy atom. The van der Waals surface area contributed by atoms with E-state index in [1.54, 1.807) is 12.1 Å². The SMILES string of the molecule is O=C(O)CCNC1CCC(c2ccc(C(F)(F)F)cc2)C1. The molecule has 1 fully saturated rings. The van der Waals surface area contributed by atoms with E-state index in [2.05, 4.69) is 5.32 Å². The van der Waals surface area contributed by atoms with Crippen molar-refractivity contribution in [2.45, 2.75) is 43.8 Å². The van der Waals surface area contributed by atoms with Gasteiger partial charge in [0.15, 0.2) is 0 Å². The van der Waals surface area contributed by atoms with Crippen LogP contribution in [0.4, 0.5) is 13.2 Å². The molecular formula is C15H18F3NO2. The van der Waals surface area contributed by atoms with E-state index in [1.807, 2.05) is 0 Å². The Bertz CT molecular complexity index is 485. The molecule has 2 atom stereocenters. The summed E-state index contributed by atoms with van der Waals surface area (Å²) in [6, 6.07) is 5.60. The van der Waals surface area contributed by atoms with Crippen LogP contribution in [0.1, 0.15) is 42.7 Å². The van der Waals surface area contributed by atoms with Crippen LogP contribution in [-0.4, -0.2) is 23.7 Å². The largest absolute Gasteiger partial charge is 0.481 e. The van der Waals surface area contributed by atoms with Gasteiger partial charge in [0, 0.05) is 12.6 Å². The van der Waals surface area contributed by atoms with E-state index in [1.165, 1.54) is 0 Å². The second-order valence-electron chi connectivity index (χ2n) is 5.42. The maximum Gasteiger partial charge on any atom is 0.416 e. The molecule has 1 aliphatic rings. The number of aliphatic carboxylic acids is 1. The van der Waals surface area contributed by atoms with Crippen LogP contribution >= 0.6 is 0 Å². The fraction of sp³-hybridized carbons (Fsp3) is 0.533. The van der Waals surface area contributed by atoms with Gasteiger partial charge in [-0.2, -0.15) is 13.2 Å². The second kappa shape index (κ2) is 6.47. The molecule has 116 valence electrons. The Kier molecular flexibility index (Phi) is 4.88. The van der Waals surface area contributed by atoms with Crippen LogP contribution in [0.5, 0.6) is 0 Å². The van der Waals surface area contributed by atoms with Crippen molar-refractivity contribution in [2.75, 3.05) is 6.54 Å². The third-order valence-corrected chi connectivity index (χ3v) is 3.91. The van der Waals surface area contributed by atoms with Crippen LogP contribution in [0.2, 0.25) is 0 Å². The lowest BCUT2D eigenvalue weighted by Gasteiger charge is -2.14. The van der Waals surface area contributed by atoms with E-state index in [0.29, 0.717) is 6.54 Å². The number of nitrogens with one attached hydrogen (secondary N) is 1. The lowest BCUT2D eigenvalue weighted by Crippen LogP contribution is -2.28. The highest BCUT2D eigenvalue weighted by Crippen LogP contribution is 2.36. The monoisotopic (exact) mass is 301 g/mol. The van der Waals surface area contributed by atoms with Crippen molar-refractivity contribution < 1.29 is 23.1 Å². The number of halogens is 3. The number of carbonyl (C=O) groups is 1. The smallest absolute Gasteiger partial charge is 0.416 e. The van der Waals surface area contributed by atoms with Crippen LogP contribution in [-0.2, 0) is 11.0 Å². The van der Waals surface area contributed by atoms with Crippen LogP contribution in [0.15, 0.2) is 24.3 Å². The summed E-state index contributed by atoms with van der Waals surface area (Å²) in [5.41, 5.74) is 0.297. The maximum atomic E-state index is 12.5. The summed E-state index contributed by atoms with van der Waals surface area (Å²) in [6.07, 6.45) is -1.54. The first-order valence-corrected chi connectivity index (χ1v) is 6.98. The number of carboxylic acid groups (broad SMARTS) is 1. The summed E-state index contributed by atoms with van der Waals surface area (Å²) in [6.45, 7) is 0.430. The number of benzene rings is 1. The molecule has 0 bridgehead atoms. The average molecular weight is 301 g/mol. The minimum atomic E-state index is -4.30. The lowest BCUT2D eigenvalue weighted by molar-refractivity contribution is -0.138. The Morgan fingerprint density at radius 3 is 2.48 bits per heavy atom. The zero-order valence-corrected chi connectivity index (χ0v) is 11.5. The summed E-state index contributed by atoms with van der Waals surface area (Å²) >= 11 is 0. The molecule has 0 spiro atoms. The Balaban J connectivity index is 1.88. The fourth-order valence-corrected chi connectivity index (χ4v) is 2.80. The van der Waals surface area contributed by atoms with E-state index < -0.39 is 17.7 Å². The summed E-state index contributed by atoms with van der Waals surface area (Å²) in [4.78, 5) is 10.4. The second-order valence-corrected chi connectivity index (χ2v) is 5.42. The van der Waals surface area contributed by atoms with Crippen molar-refractivity contribution in [1.29, 1.82) is 0 Å². The standard InChI is InChI=1S/C15H18F3NO2/c16-15(17,18)12-4-1-10(2-5-12)11-3-6-13(9-11)19-8-7-14(20)21/h1-2,4-5,11,13,19H,3,6-9H2,(H,20,21). The Morgan fingerprint density at radius 1 is 1.24 bits per heavy atom. The van der Waals surface area contributed by atoms with Gasteiger partial charge in [-0.1, -0.05) is 12.1 Å². The highest BCUT2D eigenvalue weighted by Gasteiger charge is 2.31. The van der Waals surface area contributed by atoms with E-state index in [9.17, 15) is 18.0 Å². The van der Waals surface area contributed by atoms with E-state index >= 15 is 0 Å². The molecule has 1 aromatic carbocycles. The average Bonchev–Trinajstić information content (AvgIpc) is 2.86. The third-order valence-electron chi connectivity index (χ3n) is 3.91. The molecule has 1 aliphatic carbocycles. The number of rotatable bonds is 5. The Hall–Kier alpha value is -1.56. The van der Waals surface area contributed by atoms with Gasteiger partial charge < -0.3 is 10.4 Å². The molecule has 1 aromatic rings. The van der Waals surface area contributed by atoms with Crippen molar-refractivity contribution >= 4 is 5.97 Å². The molecular weight excluding hydrogens is 283 g/mol. The normalized spacial score (nSPS) is 22.4. The van der Waals surface area contributed by atoms with Gasteiger partial charge in [0.05, 0.1) is 12.0 Å². The van der Waals surface area contributed by atoms with Gasteiger partial charge >= 0.3 is 12.1 Å². The lowest BCUT2D eigenvalue weighted by atomic mass is 9.96. The summed E-state index contributed by atoms with van der Waals surface area (Å²) in [5.74, 6) is -0.589. The molecule has 6 heteroatoms. The van der Waals surface area contributed by atoms with E-state index in [-0.39, 0.29) is 18.4 Å². The van der Waals surface area contributed by atoms with Crippen molar-refractivity contribution in [3.63, 3.8) is 0 Å².